The monoisotopic (exact) mass is 414 g/mol. The maximum absolute atomic E-state index is 12.9. The molecule has 0 radical (unpaired) electrons. The summed E-state index contributed by atoms with van der Waals surface area (Å²) >= 11 is 0. The first-order chi connectivity index (χ1) is 13.8. The highest BCUT2D eigenvalue weighted by Crippen LogP contribution is 2.37. The van der Waals surface area contributed by atoms with E-state index >= 15 is 0 Å². The molecule has 1 fully saturated rings. The standard InChI is InChI=1S/C21H22N2O5S/c1-13-3-4-16(21(25)28-2)12-18(13)22-29(26,27)17-7-8-19-15(11-17)9-10-23(19)20(24)14-5-6-14/h3-4,7-8,11-12,14,22H,5-6,9-10H2,1-2H3. The highest BCUT2D eigenvalue weighted by molar-refractivity contribution is 7.92. The molecule has 1 N–H and O–H groups in total. The van der Waals surface area contributed by atoms with Gasteiger partial charge in [-0.2, -0.15) is 0 Å². The van der Waals surface area contributed by atoms with Gasteiger partial charge in [0.1, 0.15) is 0 Å². The molecule has 29 heavy (non-hydrogen) atoms. The fourth-order valence-electron chi connectivity index (χ4n) is 3.51. The zero-order valence-electron chi connectivity index (χ0n) is 16.3. The van der Waals surface area contributed by atoms with Crippen LogP contribution in [0.4, 0.5) is 11.4 Å². The third kappa shape index (κ3) is 3.72. The van der Waals surface area contributed by atoms with Gasteiger partial charge >= 0.3 is 5.97 Å². The van der Waals surface area contributed by atoms with Gasteiger partial charge in [-0.1, -0.05) is 6.07 Å². The molecular weight excluding hydrogens is 392 g/mol. The SMILES string of the molecule is COC(=O)c1ccc(C)c(NS(=O)(=O)c2ccc3c(c2)CCN3C(=O)C2CC2)c1. The summed E-state index contributed by atoms with van der Waals surface area (Å²) in [6, 6.07) is 9.54. The number of aryl methyl sites for hydroxylation is 1. The van der Waals surface area contributed by atoms with Gasteiger partial charge in [0.25, 0.3) is 10.0 Å². The summed E-state index contributed by atoms with van der Waals surface area (Å²) in [5, 5.41) is 0. The molecule has 0 aromatic heterocycles. The molecular formula is C21H22N2O5S. The normalized spacial score (nSPS) is 15.7. The quantitative estimate of drug-likeness (QED) is 0.760. The van der Waals surface area contributed by atoms with Crippen LogP contribution in [-0.2, 0) is 26.0 Å². The first kappa shape index (κ1) is 19.4. The molecule has 7 nitrogen and oxygen atoms in total. The Labute approximate surface area is 169 Å². The number of carbonyl (C=O) groups is 2. The summed E-state index contributed by atoms with van der Waals surface area (Å²) in [6.07, 6.45) is 2.50. The summed E-state index contributed by atoms with van der Waals surface area (Å²) in [7, 11) is -2.58. The molecule has 2 aromatic rings. The zero-order valence-corrected chi connectivity index (χ0v) is 17.1. The molecule has 1 saturated carbocycles. The van der Waals surface area contributed by atoms with Crippen LogP contribution in [0.5, 0.6) is 0 Å². The van der Waals surface area contributed by atoms with Crippen molar-refractivity contribution in [3.63, 3.8) is 0 Å². The van der Waals surface area contributed by atoms with Crippen LogP contribution < -0.4 is 9.62 Å². The molecule has 0 atom stereocenters. The zero-order chi connectivity index (χ0) is 20.8. The van der Waals surface area contributed by atoms with Crippen LogP contribution in [0.1, 0.15) is 34.3 Å². The molecule has 152 valence electrons. The van der Waals surface area contributed by atoms with Gasteiger partial charge in [-0.15, -0.1) is 0 Å². The second-order valence-corrected chi connectivity index (χ2v) is 9.11. The number of methoxy groups -OCH3 is 1. The van der Waals surface area contributed by atoms with Crippen LogP contribution in [0, 0.1) is 12.8 Å². The minimum absolute atomic E-state index is 0.121. The van der Waals surface area contributed by atoms with Crippen molar-refractivity contribution in [1.29, 1.82) is 0 Å². The molecule has 1 amide bonds. The van der Waals surface area contributed by atoms with Crippen LogP contribution >= 0.6 is 0 Å². The predicted octanol–water partition coefficient (Wildman–Crippen LogP) is 2.88. The number of anilines is 2. The van der Waals surface area contributed by atoms with E-state index in [2.05, 4.69) is 4.72 Å². The highest BCUT2D eigenvalue weighted by atomic mass is 32.2. The van der Waals surface area contributed by atoms with Crippen molar-refractivity contribution in [3.8, 4) is 0 Å². The summed E-state index contributed by atoms with van der Waals surface area (Å²) in [5.74, 6) is -0.285. The Morgan fingerprint density at radius 3 is 2.59 bits per heavy atom. The predicted molar refractivity (Wildman–Crippen MR) is 109 cm³/mol. The van der Waals surface area contributed by atoms with Crippen molar-refractivity contribution >= 4 is 33.3 Å². The van der Waals surface area contributed by atoms with Crippen LogP contribution in [0.3, 0.4) is 0 Å². The Bertz CT molecular complexity index is 1110. The highest BCUT2D eigenvalue weighted by Gasteiger charge is 2.36. The molecule has 0 unspecified atom stereocenters. The largest absolute Gasteiger partial charge is 0.465 e. The van der Waals surface area contributed by atoms with Gasteiger partial charge in [0.15, 0.2) is 0 Å². The number of amides is 1. The third-order valence-corrected chi connectivity index (χ3v) is 6.72. The fraction of sp³-hybridized carbons (Fsp3) is 0.333. The van der Waals surface area contributed by atoms with E-state index in [0.717, 1.165) is 24.1 Å². The maximum Gasteiger partial charge on any atom is 0.337 e. The third-order valence-electron chi connectivity index (χ3n) is 5.35. The van der Waals surface area contributed by atoms with Gasteiger partial charge in [0, 0.05) is 18.2 Å². The number of benzene rings is 2. The smallest absolute Gasteiger partial charge is 0.337 e. The number of rotatable bonds is 5. The van der Waals surface area contributed by atoms with Crippen molar-refractivity contribution in [2.75, 3.05) is 23.3 Å². The van der Waals surface area contributed by atoms with Gasteiger partial charge in [-0.25, -0.2) is 13.2 Å². The van der Waals surface area contributed by atoms with E-state index < -0.39 is 16.0 Å². The van der Waals surface area contributed by atoms with Gasteiger partial charge in [0.2, 0.25) is 5.91 Å². The number of nitrogens with one attached hydrogen (secondary N) is 1. The Balaban J connectivity index is 1.60. The summed E-state index contributed by atoms with van der Waals surface area (Å²) in [4.78, 5) is 26.0. The first-order valence-corrected chi connectivity index (χ1v) is 10.9. The number of nitrogens with zero attached hydrogens (tertiary/aromatic N) is 1. The van der Waals surface area contributed by atoms with Crippen molar-refractivity contribution < 1.29 is 22.7 Å². The van der Waals surface area contributed by atoms with E-state index in [9.17, 15) is 18.0 Å². The minimum Gasteiger partial charge on any atom is -0.465 e. The van der Waals surface area contributed by atoms with Crippen molar-refractivity contribution in [3.05, 3.63) is 53.1 Å². The number of sulfonamides is 1. The van der Waals surface area contributed by atoms with E-state index in [1.165, 1.54) is 19.2 Å². The van der Waals surface area contributed by atoms with Gasteiger partial charge in [-0.3, -0.25) is 9.52 Å². The molecule has 2 aliphatic rings. The van der Waals surface area contributed by atoms with E-state index in [4.69, 9.17) is 4.74 Å². The average molecular weight is 414 g/mol. The van der Waals surface area contributed by atoms with E-state index in [0.29, 0.717) is 24.2 Å². The lowest BCUT2D eigenvalue weighted by atomic mass is 10.1. The Kier molecular flexibility index (Phi) is 4.82. The average Bonchev–Trinajstić information content (AvgIpc) is 3.47. The molecule has 1 aliphatic heterocycles. The number of carbonyl (C=O) groups excluding carboxylic acids is 2. The van der Waals surface area contributed by atoms with Crippen LogP contribution in [0.25, 0.3) is 0 Å². The van der Waals surface area contributed by atoms with E-state index in [-0.39, 0.29) is 22.3 Å². The molecule has 0 spiro atoms. The number of hydrogen-bond donors (Lipinski definition) is 1. The lowest BCUT2D eigenvalue weighted by Gasteiger charge is -2.17. The Morgan fingerprint density at radius 1 is 1.14 bits per heavy atom. The topological polar surface area (TPSA) is 92.8 Å². The van der Waals surface area contributed by atoms with Crippen molar-refractivity contribution in [2.24, 2.45) is 5.92 Å². The lowest BCUT2D eigenvalue weighted by molar-refractivity contribution is -0.119. The van der Waals surface area contributed by atoms with E-state index in [1.54, 1.807) is 36.1 Å². The van der Waals surface area contributed by atoms with Crippen molar-refractivity contribution in [2.45, 2.75) is 31.1 Å². The molecule has 1 heterocycles. The molecule has 1 aliphatic carbocycles. The number of ether oxygens (including phenoxy) is 1. The van der Waals surface area contributed by atoms with Crippen LogP contribution in [0.15, 0.2) is 41.3 Å². The summed E-state index contributed by atoms with van der Waals surface area (Å²) < 4.78 is 33.1. The summed E-state index contributed by atoms with van der Waals surface area (Å²) in [5.41, 5.74) is 2.91. The molecule has 0 bridgehead atoms. The van der Waals surface area contributed by atoms with Crippen LogP contribution in [0.2, 0.25) is 0 Å². The Hall–Kier alpha value is -2.87. The minimum atomic E-state index is -3.85. The fourth-order valence-corrected chi connectivity index (χ4v) is 4.68. The van der Waals surface area contributed by atoms with Gasteiger partial charge in [0.05, 0.1) is 23.3 Å². The first-order valence-electron chi connectivity index (χ1n) is 9.46. The van der Waals surface area contributed by atoms with Gasteiger partial charge in [-0.05, 0) is 67.6 Å². The molecule has 0 saturated heterocycles. The van der Waals surface area contributed by atoms with E-state index in [1.807, 2.05) is 0 Å². The van der Waals surface area contributed by atoms with Gasteiger partial charge < -0.3 is 9.64 Å². The molecule has 8 heteroatoms. The number of hydrogen-bond acceptors (Lipinski definition) is 5. The second-order valence-electron chi connectivity index (χ2n) is 7.43. The summed E-state index contributed by atoms with van der Waals surface area (Å²) in [6.45, 7) is 2.34. The van der Waals surface area contributed by atoms with Crippen molar-refractivity contribution in [1.82, 2.24) is 0 Å². The molecule has 4 rings (SSSR count). The maximum atomic E-state index is 12.9. The lowest BCUT2D eigenvalue weighted by Crippen LogP contribution is -2.30. The van der Waals surface area contributed by atoms with Crippen LogP contribution in [-0.4, -0.2) is 33.9 Å². The number of fused-ring (bicyclic) bond motifs is 1. The second kappa shape index (κ2) is 7.18. The number of esters is 1. The Morgan fingerprint density at radius 2 is 1.90 bits per heavy atom. The molecule has 2 aromatic carbocycles.